The molecule has 1 atom stereocenters. The van der Waals surface area contributed by atoms with Crippen molar-refractivity contribution in [2.45, 2.75) is 39.2 Å². The van der Waals surface area contributed by atoms with Gasteiger partial charge in [-0.2, -0.15) is 10.5 Å². The maximum atomic E-state index is 5.62. The number of nitrogens with one attached hydrogen (secondary N) is 3. The predicted molar refractivity (Wildman–Crippen MR) is 75.3 cm³/mol. The van der Waals surface area contributed by atoms with E-state index in [1.807, 2.05) is 12.1 Å². The Morgan fingerprint density at radius 1 is 1.28 bits per heavy atom. The summed E-state index contributed by atoms with van der Waals surface area (Å²) in [6.45, 7) is 5.02. The third-order valence-electron chi connectivity index (χ3n) is 2.60. The lowest BCUT2D eigenvalue weighted by Gasteiger charge is -2.13. The average Bonchev–Trinajstić information content (AvgIpc) is 2.39. The Morgan fingerprint density at radius 3 is 2.61 bits per heavy atom. The van der Waals surface area contributed by atoms with Gasteiger partial charge in [-0.15, -0.1) is 0 Å². The van der Waals surface area contributed by atoms with Crippen LogP contribution in [-0.2, 0) is 6.42 Å². The quantitative estimate of drug-likeness (QED) is 0.367. The minimum atomic E-state index is 0.281. The zero-order valence-electron chi connectivity index (χ0n) is 11.0. The van der Waals surface area contributed by atoms with Gasteiger partial charge in [0.05, 0.1) is 6.61 Å². The number of rotatable bonds is 9. The molecule has 1 aromatic rings. The van der Waals surface area contributed by atoms with Crippen molar-refractivity contribution in [1.29, 1.82) is 0 Å². The largest absolute Gasteiger partial charge is 0.494 e. The molecule has 0 radical (unpaired) electrons. The first-order valence-electron chi connectivity index (χ1n) is 6.34. The first-order valence-corrected chi connectivity index (χ1v) is 6.72. The van der Waals surface area contributed by atoms with Gasteiger partial charge in [-0.05, 0) is 49.2 Å². The Labute approximate surface area is 114 Å². The molecule has 0 saturated heterocycles. The molecule has 0 aliphatic heterocycles. The third-order valence-corrected chi connectivity index (χ3v) is 2.69. The molecule has 0 fully saturated rings. The first kappa shape index (κ1) is 15.2. The third kappa shape index (κ3) is 6.21. The van der Waals surface area contributed by atoms with Crippen LogP contribution in [0.3, 0.4) is 0 Å². The molecule has 1 rings (SSSR count). The molecule has 0 saturated carbocycles. The second-order valence-corrected chi connectivity index (χ2v) is 4.50. The molecule has 0 aromatic heterocycles. The highest BCUT2D eigenvalue weighted by Gasteiger charge is 2.02. The van der Waals surface area contributed by atoms with E-state index < -0.39 is 0 Å². The molecule has 5 heteroatoms. The van der Waals surface area contributed by atoms with Gasteiger partial charge in [-0.1, -0.05) is 25.5 Å². The van der Waals surface area contributed by atoms with Gasteiger partial charge >= 0.3 is 0 Å². The number of hydrazine groups is 2. The van der Waals surface area contributed by atoms with E-state index in [9.17, 15) is 0 Å². The summed E-state index contributed by atoms with van der Waals surface area (Å²) in [5, 5.41) is 0. The number of unbranched alkanes of at least 4 members (excludes halogenated alkanes) is 1. The molecule has 0 unspecified atom stereocenters. The lowest BCUT2D eigenvalue weighted by atomic mass is 10.1. The molecule has 0 aliphatic rings. The second kappa shape index (κ2) is 9.16. The summed E-state index contributed by atoms with van der Waals surface area (Å²) in [6, 6.07) is 8.50. The van der Waals surface area contributed by atoms with Crippen LogP contribution in [0.2, 0.25) is 0 Å². The minimum absolute atomic E-state index is 0.281. The van der Waals surface area contributed by atoms with Crippen molar-refractivity contribution < 1.29 is 4.74 Å². The van der Waals surface area contributed by atoms with Gasteiger partial charge in [0.2, 0.25) is 0 Å². The van der Waals surface area contributed by atoms with Crippen LogP contribution >= 0.6 is 11.8 Å². The van der Waals surface area contributed by atoms with Crippen molar-refractivity contribution in [2.75, 3.05) is 6.61 Å². The van der Waals surface area contributed by atoms with Crippen LogP contribution in [0.4, 0.5) is 0 Å². The van der Waals surface area contributed by atoms with Crippen molar-refractivity contribution in [3.8, 4) is 5.75 Å². The van der Waals surface area contributed by atoms with Crippen LogP contribution in [0, 0.1) is 0 Å². The van der Waals surface area contributed by atoms with E-state index in [-0.39, 0.29) is 6.04 Å². The van der Waals surface area contributed by atoms with Gasteiger partial charge in [0.25, 0.3) is 0 Å². The Kier molecular flexibility index (Phi) is 7.76. The van der Waals surface area contributed by atoms with Gasteiger partial charge in [0.15, 0.2) is 0 Å². The zero-order valence-corrected chi connectivity index (χ0v) is 11.8. The molecule has 0 bridgehead atoms. The Bertz CT molecular complexity index is 319. The summed E-state index contributed by atoms with van der Waals surface area (Å²) < 4.78 is 5.62. The van der Waals surface area contributed by atoms with E-state index >= 15 is 0 Å². The highest BCUT2D eigenvalue weighted by molar-refractivity contribution is 6.13. The minimum Gasteiger partial charge on any atom is -0.494 e. The summed E-state index contributed by atoms with van der Waals surface area (Å²) in [5.41, 5.74) is 6.93. The molecule has 0 heterocycles. The topological polar surface area (TPSA) is 45.3 Å². The highest BCUT2D eigenvalue weighted by atomic mass is 35.5. The number of ether oxygens (including phenoxy) is 1. The maximum absolute atomic E-state index is 5.62. The standard InChI is InChI=1S/C13H22ClN3O/c1-3-4-9-18-13-7-5-12(6-8-13)10-11(2)15-17-16-14/h5-8,11,15-17H,3-4,9-10H2,1-2H3/t11-/m1/s1. The molecule has 0 aliphatic carbocycles. The Hall–Kier alpha value is -0.810. The van der Waals surface area contributed by atoms with Crippen LogP contribution < -0.4 is 20.6 Å². The fourth-order valence-electron chi connectivity index (χ4n) is 1.61. The summed E-state index contributed by atoms with van der Waals surface area (Å²) in [4.78, 5) is 2.31. The average molecular weight is 272 g/mol. The van der Waals surface area contributed by atoms with Crippen LogP contribution in [0.1, 0.15) is 32.3 Å². The number of benzene rings is 1. The fourth-order valence-corrected chi connectivity index (χ4v) is 1.67. The molecule has 4 nitrogen and oxygen atoms in total. The summed E-state index contributed by atoms with van der Waals surface area (Å²) in [5.74, 6) is 0.938. The van der Waals surface area contributed by atoms with Gasteiger partial charge in [-0.25, -0.2) is 5.43 Å². The molecular formula is C13H22ClN3O. The van der Waals surface area contributed by atoms with E-state index in [0.717, 1.165) is 31.6 Å². The van der Waals surface area contributed by atoms with Crippen molar-refractivity contribution in [2.24, 2.45) is 0 Å². The van der Waals surface area contributed by atoms with Crippen molar-refractivity contribution in [3.63, 3.8) is 0 Å². The van der Waals surface area contributed by atoms with Gasteiger partial charge in [-0.3, -0.25) is 0 Å². The monoisotopic (exact) mass is 271 g/mol. The lowest BCUT2D eigenvalue weighted by molar-refractivity contribution is 0.309. The molecule has 0 spiro atoms. The summed E-state index contributed by atoms with van der Waals surface area (Å²) in [6.07, 6.45) is 3.17. The van der Waals surface area contributed by atoms with Crippen molar-refractivity contribution >= 4 is 11.8 Å². The van der Waals surface area contributed by atoms with Gasteiger partial charge in [0.1, 0.15) is 5.75 Å². The molecular weight excluding hydrogens is 250 g/mol. The normalized spacial score (nSPS) is 12.4. The van der Waals surface area contributed by atoms with E-state index in [1.54, 1.807) is 0 Å². The van der Waals surface area contributed by atoms with Crippen LogP contribution in [-0.4, -0.2) is 12.6 Å². The number of halogens is 1. The second-order valence-electron chi connectivity index (χ2n) is 4.31. The highest BCUT2D eigenvalue weighted by Crippen LogP contribution is 2.13. The van der Waals surface area contributed by atoms with Crippen LogP contribution in [0.25, 0.3) is 0 Å². The smallest absolute Gasteiger partial charge is 0.119 e. The van der Waals surface area contributed by atoms with E-state index in [2.05, 4.69) is 41.9 Å². The first-order chi connectivity index (χ1) is 8.76. The predicted octanol–water partition coefficient (Wildman–Crippen LogP) is 2.55. The fraction of sp³-hybridized carbons (Fsp3) is 0.538. The summed E-state index contributed by atoms with van der Waals surface area (Å²) >= 11 is 5.29. The number of hydrogen-bond donors (Lipinski definition) is 3. The van der Waals surface area contributed by atoms with Gasteiger partial charge in [0, 0.05) is 6.04 Å². The van der Waals surface area contributed by atoms with Crippen LogP contribution in [0.15, 0.2) is 24.3 Å². The SMILES string of the molecule is CCCCOc1ccc(C[C@@H](C)NNNCl)cc1. The zero-order chi connectivity index (χ0) is 13.2. The van der Waals surface area contributed by atoms with Crippen LogP contribution in [0.5, 0.6) is 5.75 Å². The van der Waals surface area contributed by atoms with Crippen molar-refractivity contribution in [1.82, 2.24) is 15.9 Å². The number of hydrogen-bond acceptors (Lipinski definition) is 4. The maximum Gasteiger partial charge on any atom is 0.119 e. The van der Waals surface area contributed by atoms with E-state index in [4.69, 9.17) is 16.5 Å². The molecule has 3 N–H and O–H groups in total. The van der Waals surface area contributed by atoms with E-state index in [1.165, 1.54) is 5.56 Å². The van der Waals surface area contributed by atoms with E-state index in [0.29, 0.717) is 0 Å². The molecule has 1 aromatic carbocycles. The van der Waals surface area contributed by atoms with Crippen molar-refractivity contribution in [3.05, 3.63) is 29.8 Å². The summed E-state index contributed by atoms with van der Waals surface area (Å²) in [7, 11) is 0. The molecule has 0 amide bonds. The molecule has 18 heavy (non-hydrogen) atoms. The Balaban J connectivity index is 2.35. The van der Waals surface area contributed by atoms with Gasteiger partial charge < -0.3 is 4.74 Å². The lowest BCUT2D eigenvalue weighted by Crippen LogP contribution is -2.44. The Morgan fingerprint density at radius 2 is 2.00 bits per heavy atom. The molecule has 102 valence electrons.